The molecule has 2 aromatic rings. The maximum Gasteiger partial charge on any atom is 0.195 e. The number of rotatable bonds is 3. The molecule has 0 radical (unpaired) electrons. The van der Waals surface area contributed by atoms with Crippen molar-refractivity contribution in [1.29, 1.82) is 0 Å². The fourth-order valence-corrected chi connectivity index (χ4v) is 1.67. The van der Waals surface area contributed by atoms with Crippen LogP contribution in [0.5, 0.6) is 0 Å². The van der Waals surface area contributed by atoms with Crippen molar-refractivity contribution < 1.29 is 4.79 Å². The number of hydrogen-bond donors (Lipinski definition) is 1. The Bertz CT molecular complexity index is 496. The second-order valence-electron chi connectivity index (χ2n) is 3.34. The van der Waals surface area contributed by atoms with Crippen LogP contribution >= 0.6 is 11.8 Å². The second-order valence-corrected chi connectivity index (χ2v) is 3.52. The number of benzene rings is 2. The van der Waals surface area contributed by atoms with Gasteiger partial charge in [0, 0.05) is 22.9 Å². The summed E-state index contributed by atoms with van der Waals surface area (Å²) >= 11 is 5.56. The molecular formula is C13H10ClNO. The van der Waals surface area contributed by atoms with Crippen LogP contribution < -0.4 is 4.84 Å². The quantitative estimate of drug-likeness (QED) is 0.647. The lowest BCUT2D eigenvalue weighted by Gasteiger charge is -2.06. The molecule has 16 heavy (non-hydrogen) atoms. The van der Waals surface area contributed by atoms with Crippen molar-refractivity contribution in [3.8, 4) is 0 Å². The van der Waals surface area contributed by atoms with Gasteiger partial charge in [-0.1, -0.05) is 42.5 Å². The van der Waals surface area contributed by atoms with Gasteiger partial charge in [0.15, 0.2) is 5.78 Å². The van der Waals surface area contributed by atoms with Crippen molar-refractivity contribution in [2.75, 3.05) is 4.84 Å². The Morgan fingerprint density at radius 3 is 2.25 bits per heavy atom. The van der Waals surface area contributed by atoms with Crippen molar-refractivity contribution in [2.45, 2.75) is 0 Å². The first-order chi connectivity index (χ1) is 7.83. The minimum Gasteiger partial charge on any atom is -0.298 e. The van der Waals surface area contributed by atoms with E-state index in [0.717, 1.165) is 0 Å². The first kappa shape index (κ1) is 10.7. The Morgan fingerprint density at radius 2 is 1.56 bits per heavy atom. The predicted molar refractivity (Wildman–Crippen MR) is 65.8 cm³/mol. The summed E-state index contributed by atoms with van der Waals surface area (Å²) in [6.45, 7) is 0. The zero-order valence-electron chi connectivity index (χ0n) is 8.48. The number of anilines is 1. The topological polar surface area (TPSA) is 29.1 Å². The lowest BCUT2D eigenvalue weighted by atomic mass is 10.0. The third-order valence-electron chi connectivity index (χ3n) is 2.31. The average Bonchev–Trinajstić information content (AvgIpc) is 2.39. The number of nitrogens with one attached hydrogen (secondary N) is 1. The Morgan fingerprint density at radius 1 is 0.938 bits per heavy atom. The number of para-hydroxylation sites is 1. The molecule has 0 spiro atoms. The van der Waals surface area contributed by atoms with Crippen LogP contribution in [0.25, 0.3) is 0 Å². The van der Waals surface area contributed by atoms with Gasteiger partial charge in [-0.25, -0.2) is 0 Å². The van der Waals surface area contributed by atoms with Crippen LogP contribution in [0, 0.1) is 0 Å². The van der Waals surface area contributed by atoms with E-state index < -0.39 is 0 Å². The number of carbonyl (C=O) groups is 1. The summed E-state index contributed by atoms with van der Waals surface area (Å²) < 4.78 is 0. The van der Waals surface area contributed by atoms with Crippen LogP contribution in [-0.2, 0) is 0 Å². The van der Waals surface area contributed by atoms with Gasteiger partial charge in [0.1, 0.15) is 0 Å². The van der Waals surface area contributed by atoms with Crippen LogP contribution in [0.15, 0.2) is 54.6 Å². The van der Waals surface area contributed by atoms with E-state index in [2.05, 4.69) is 4.84 Å². The zero-order valence-corrected chi connectivity index (χ0v) is 9.24. The van der Waals surface area contributed by atoms with Gasteiger partial charge < -0.3 is 0 Å². The first-order valence-electron chi connectivity index (χ1n) is 4.88. The van der Waals surface area contributed by atoms with Crippen molar-refractivity contribution >= 4 is 23.2 Å². The van der Waals surface area contributed by atoms with Crippen LogP contribution in [-0.4, -0.2) is 5.78 Å². The van der Waals surface area contributed by atoms with Gasteiger partial charge in [-0.05, 0) is 12.1 Å². The summed E-state index contributed by atoms with van der Waals surface area (Å²) in [7, 11) is 0. The van der Waals surface area contributed by atoms with E-state index in [1.807, 2.05) is 30.3 Å². The van der Waals surface area contributed by atoms with Gasteiger partial charge in [0.05, 0.1) is 5.69 Å². The van der Waals surface area contributed by atoms with Gasteiger partial charge in [0.2, 0.25) is 0 Å². The third-order valence-corrected chi connectivity index (χ3v) is 2.51. The molecule has 2 nitrogen and oxygen atoms in total. The summed E-state index contributed by atoms with van der Waals surface area (Å²) in [5, 5.41) is 0. The zero-order chi connectivity index (χ0) is 11.4. The molecular weight excluding hydrogens is 222 g/mol. The maximum atomic E-state index is 12.1. The Kier molecular flexibility index (Phi) is 3.22. The molecule has 0 amide bonds. The smallest absolute Gasteiger partial charge is 0.195 e. The monoisotopic (exact) mass is 231 g/mol. The SMILES string of the molecule is O=C(c1ccccc1)c1ccccc1NCl. The highest BCUT2D eigenvalue weighted by Gasteiger charge is 2.11. The Labute approximate surface area is 99.0 Å². The predicted octanol–water partition coefficient (Wildman–Crippen LogP) is 3.48. The van der Waals surface area contributed by atoms with Crippen molar-refractivity contribution in [3.63, 3.8) is 0 Å². The van der Waals surface area contributed by atoms with Crippen molar-refractivity contribution in [3.05, 3.63) is 65.7 Å². The van der Waals surface area contributed by atoms with Crippen LogP contribution in [0.1, 0.15) is 15.9 Å². The molecule has 0 aliphatic carbocycles. The minimum absolute atomic E-state index is 0.0376. The molecule has 0 aliphatic rings. The van der Waals surface area contributed by atoms with E-state index in [-0.39, 0.29) is 5.78 Å². The molecule has 0 aromatic heterocycles. The molecule has 0 fully saturated rings. The molecule has 2 rings (SSSR count). The summed E-state index contributed by atoms with van der Waals surface area (Å²) in [5.74, 6) is -0.0376. The average molecular weight is 232 g/mol. The fraction of sp³-hybridized carbons (Fsp3) is 0. The highest BCUT2D eigenvalue weighted by molar-refractivity contribution is 6.26. The number of hydrogen-bond acceptors (Lipinski definition) is 2. The fourth-order valence-electron chi connectivity index (χ4n) is 1.51. The molecule has 0 saturated carbocycles. The third kappa shape index (κ3) is 2.07. The molecule has 1 N–H and O–H groups in total. The maximum absolute atomic E-state index is 12.1. The normalized spacial score (nSPS) is 9.81. The van der Waals surface area contributed by atoms with Gasteiger partial charge in [-0.2, -0.15) is 0 Å². The van der Waals surface area contributed by atoms with Crippen LogP contribution in [0.2, 0.25) is 0 Å². The van der Waals surface area contributed by atoms with E-state index in [9.17, 15) is 4.79 Å². The van der Waals surface area contributed by atoms with Gasteiger partial charge in [-0.3, -0.25) is 9.63 Å². The Balaban J connectivity index is 2.42. The molecule has 0 heterocycles. The number of carbonyl (C=O) groups excluding carboxylic acids is 1. The molecule has 0 bridgehead atoms. The van der Waals surface area contributed by atoms with Crippen molar-refractivity contribution in [1.82, 2.24) is 0 Å². The molecule has 0 unspecified atom stereocenters. The first-order valence-corrected chi connectivity index (χ1v) is 5.26. The lowest BCUT2D eigenvalue weighted by molar-refractivity contribution is 0.103. The van der Waals surface area contributed by atoms with Gasteiger partial charge >= 0.3 is 0 Å². The van der Waals surface area contributed by atoms with E-state index in [0.29, 0.717) is 16.8 Å². The summed E-state index contributed by atoms with van der Waals surface area (Å²) in [4.78, 5) is 14.6. The van der Waals surface area contributed by atoms with Gasteiger partial charge in [-0.15, -0.1) is 0 Å². The summed E-state index contributed by atoms with van der Waals surface area (Å²) in [6.07, 6.45) is 0. The summed E-state index contributed by atoms with van der Waals surface area (Å²) in [6, 6.07) is 16.3. The van der Waals surface area contributed by atoms with Crippen molar-refractivity contribution in [2.24, 2.45) is 0 Å². The molecule has 3 heteroatoms. The summed E-state index contributed by atoms with van der Waals surface area (Å²) in [5.41, 5.74) is 1.85. The molecule has 0 aliphatic heterocycles. The molecule has 0 saturated heterocycles. The van der Waals surface area contributed by atoms with Gasteiger partial charge in [0.25, 0.3) is 0 Å². The molecule has 0 atom stereocenters. The molecule has 80 valence electrons. The minimum atomic E-state index is -0.0376. The largest absolute Gasteiger partial charge is 0.298 e. The van der Waals surface area contributed by atoms with E-state index in [1.165, 1.54) is 0 Å². The van der Waals surface area contributed by atoms with Crippen LogP contribution in [0.4, 0.5) is 5.69 Å². The molecule has 2 aromatic carbocycles. The van der Waals surface area contributed by atoms with E-state index >= 15 is 0 Å². The van der Waals surface area contributed by atoms with E-state index in [4.69, 9.17) is 11.8 Å². The number of halogens is 1. The second kappa shape index (κ2) is 4.81. The standard InChI is InChI=1S/C13H10ClNO/c14-15-12-9-5-4-8-11(12)13(16)10-6-2-1-3-7-10/h1-9,15H. The Hall–Kier alpha value is -1.80. The highest BCUT2D eigenvalue weighted by atomic mass is 35.5. The highest BCUT2D eigenvalue weighted by Crippen LogP contribution is 2.19. The van der Waals surface area contributed by atoms with E-state index in [1.54, 1.807) is 24.3 Å². The lowest BCUT2D eigenvalue weighted by Crippen LogP contribution is -2.03. The number of ketones is 1. The van der Waals surface area contributed by atoms with Crippen LogP contribution in [0.3, 0.4) is 0 Å².